The molecule has 5 nitrogen and oxygen atoms in total. The summed E-state index contributed by atoms with van der Waals surface area (Å²) >= 11 is 5.88. The highest BCUT2D eigenvalue weighted by Crippen LogP contribution is 2.22. The molecule has 1 N–H and O–H groups in total. The number of ether oxygens (including phenoxy) is 3. The van der Waals surface area contributed by atoms with Gasteiger partial charge < -0.3 is 19.5 Å². The Morgan fingerprint density at radius 2 is 2.00 bits per heavy atom. The Hall–Kier alpha value is -1.30. The van der Waals surface area contributed by atoms with Crippen LogP contribution in [-0.2, 0) is 14.3 Å². The molecule has 18 heavy (non-hydrogen) atoms. The topological polar surface area (TPSA) is 56.8 Å². The summed E-state index contributed by atoms with van der Waals surface area (Å²) in [4.78, 5) is 11.5. The molecule has 0 spiro atoms. The zero-order chi connectivity index (χ0) is 13.4. The smallest absolute Gasteiger partial charge is 0.258 e. The van der Waals surface area contributed by atoms with E-state index in [4.69, 9.17) is 25.8 Å². The quantitative estimate of drug-likeness (QED) is 0.764. The van der Waals surface area contributed by atoms with E-state index in [2.05, 4.69) is 5.32 Å². The maximum atomic E-state index is 11.5. The number of halogens is 1. The van der Waals surface area contributed by atoms with Gasteiger partial charge in [-0.25, -0.2) is 0 Å². The average Bonchev–Trinajstić information content (AvgIpc) is 2.39. The lowest BCUT2D eigenvalue weighted by Crippen LogP contribution is -2.36. The molecule has 0 aliphatic rings. The van der Waals surface area contributed by atoms with Crippen LogP contribution in [0.25, 0.3) is 0 Å². The SMILES string of the molecule is COC(CNC(=O)COc1ccccc1Cl)OC. The van der Waals surface area contributed by atoms with Gasteiger partial charge in [-0.2, -0.15) is 0 Å². The van der Waals surface area contributed by atoms with E-state index in [9.17, 15) is 4.79 Å². The Morgan fingerprint density at radius 1 is 1.33 bits per heavy atom. The molecule has 1 aromatic rings. The third-order valence-electron chi connectivity index (χ3n) is 2.19. The van der Waals surface area contributed by atoms with Crippen molar-refractivity contribution in [3.8, 4) is 5.75 Å². The number of para-hydroxylation sites is 1. The Labute approximate surface area is 111 Å². The molecule has 0 radical (unpaired) electrons. The number of amides is 1. The normalized spacial score (nSPS) is 10.4. The van der Waals surface area contributed by atoms with Crippen molar-refractivity contribution in [2.24, 2.45) is 0 Å². The highest BCUT2D eigenvalue weighted by atomic mass is 35.5. The highest BCUT2D eigenvalue weighted by molar-refractivity contribution is 6.32. The summed E-state index contributed by atoms with van der Waals surface area (Å²) in [6.45, 7) is 0.154. The third kappa shape index (κ3) is 4.91. The van der Waals surface area contributed by atoms with Crippen molar-refractivity contribution in [3.05, 3.63) is 29.3 Å². The van der Waals surface area contributed by atoms with Crippen LogP contribution in [0.1, 0.15) is 0 Å². The molecule has 0 unspecified atom stereocenters. The number of carbonyl (C=O) groups is 1. The molecule has 0 aromatic heterocycles. The van der Waals surface area contributed by atoms with Crippen molar-refractivity contribution in [1.29, 1.82) is 0 Å². The van der Waals surface area contributed by atoms with Gasteiger partial charge in [-0.1, -0.05) is 23.7 Å². The van der Waals surface area contributed by atoms with Gasteiger partial charge in [-0.15, -0.1) is 0 Å². The first-order valence-electron chi connectivity index (χ1n) is 5.37. The van der Waals surface area contributed by atoms with Gasteiger partial charge in [0, 0.05) is 14.2 Å². The molecule has 0 bridgehead atoms. The maximum absolute atomic E-state index is 11.5. The summed E-state index contributed by atoms with van der Waals surface area (Å²) in [5.41, 5.74) is 0. The number of rotatable bonds is 7. The summed E-state index contributed by atoms with van der Waals surface area (Å²) in [6, 6.07) is 6.96. The minimum absolute atomic E-state index is 0.107. The Kier molecular flexibility index (Phi) is 6.49. The van der Waals surface area contributed by atoms with E-state index in [0.29, 0.717) is 10.8 Å². The number of hydrogen-bond acceptors (Lipinski definition) is 4. The van der Waals surface area contributed by atoms with Crippen molar-refractivity contribution in [1.82, 2.24) is 5.32 Å². The molecular weight excluding hydrogens is 258 g/mol. The summed E-state index contributed by atoms with van der Waals surface area (Å²) in [6.07, 6.45) is -0.464. The van der Waals surface area contributed by atoms with Crippen LogP contribution in [0.3, 0.4) is 0 Å². The fraction of sp³-hybridized carbons (Fsp3) is 0.417. The first kappa shape index (κ1) is 14.8. The van der Waals surface area contributed by atoms with Crippen molar-refractivity contribution in [3.63, 3.8) is 0 Å². The fourth-order valence-corrected chi connectivity index (χ4v) is 1.41. The van der Waals surface area contributed by atoms with Gasteiger partial charge in [0.25, 0.3) is 5.91 Å². The lowest BCUT2D eigenvalue weighted by molar-refractivity contribution is -0.129. The number of benzene rings is 1. The fourth-order valence-electron chi connectivity index (χ4n) is 1.22. The second kappa shape index (κ2) is 7.92. The zero-order valence-electron chi connectivity index (χ0n) is 10.3. The summed E-state index contributed by atoms with van der Waals surface area (Å²) < 4.78 is 15.1. The van der Waals surface area contributed by atoms with Crippen LogP contribution in [0.2, 0.25) is 5.02 Å². The first-order valence-corrected chi connectivity index (χ1v) is 5.74. The highest BCUT2D eigenvalue weighted by Gasteiger charge is 2.09. The predicted molar refractivity (Wildman–Crippen MR) is 67.8 cm³/mol. The standard InChI is InChI=1S/C12H16ClNO4/c1-16-12(17-2)7-14-11(15)8-18-10-6-4-3-5-9(10)13/h3-6,12H,7-8H2,1-2H3,(H,14,15). The van der Waals surface area contributed by atoms with Gasteiger partial charge in [-0.05, 0) is 12.1 Å². The number of nitrogens with one attached hydrogen (secondary N) is 1. The second-order valence-corrected chi connectivity index (χ2v) is 3.83. The third-order valence-corrected chi connectivity index (χ3v) is 2.50. The monoisotopic (exact) mass is 273 g/mol. The number of hydrogen-bond donors (Lipinski definition) is 1. The van der Waals surface area contributed by atoms with E-state index in [0.717, 1.165) is 0 Å². The molecule has 0 heterocycles. The molecular formula is C12H16ClNO4. The zero-order valence-corrected chi connectivity index (χ0v) is 11.1. The summed E-state index contributed by atoms with van der Waals surface area (Å²) in [5, 5.41) is 3.09. The lowest BCUT2D eigenvalue weighted by Gasteiger charge is -2.14. The molecule has 0 atom stereocenters. The minimum Gasteiger partial charge on any atom is -0.482 e. The van der Waals surface area contributed by atoms with E-state index in [1.54, 1.807) is 24.3 Å². The molecule has 1 amide bonds. The van der Waals surface area contributed by atoms with E-state index in [-0.39, 0.29) is 19.1 Å². The first-order chi connectivity index (χ1) is 8.67. The van der Waals surface area contributed by atoms with Gasteiger partial charge in [0.15, 0.2) is 12.9 Å². The van der Waals surface area contributed by atoms with E-state index in [1.165, 1.54) is 14.2 Å². The van der Waals surface area contributed by atoms with Crippen molar-refractivity contribution < 1.29 is 19.0 Å². The van der Waals surface area contributed by atoms with Crippen molar-refractivity contribution >= 4 is 17.5 Å². The molecule has 0 aliphatic carbocycles. The van der Waals surface area contributed by atoms with Crippen LogP contribution in [0.4, 0.5) is 0 Å². The Bertz CT molecular complexity index is 382. The van der Waals surface area contributed by atoms with Gasteiger partial charge in [0.2, 0.25) is 0 Å². The van der Waals surface area contributed by atoms with Gasteiger partial charge in [-0.3, -0.25) is 4.79 Å². The molecule has 1 rings (SSSR count). The van der Waals surface area contributed by atoms with Gasteiger partial charge >= 0.3 is 0 Å². The summed E-state index contributed by atoms with van der Waals surface area (Å²) in [7, 11) is 3.00. The van der Waals surface area contributed by atoms with Crippen LogP contribution in [0, 0.1) is 0 Å². The predicted octanol–water partition coefficient (Wildman–Crippen LogP) is 1.45. The van der Waals surface area contributed by atoms with Crippen molar-refractivity contribution in [2.45, 2.75) is 6.29 Å². The number of methoxy groups -OCH3 is 2. The lowest BCUT2D eigenvalue weighted by atomic mass is 10.3. The molecule has 0 aliphatic heterocycles. The molecule has 100 valence electrons. The average molecular weight is 274 g/mol. The Balaban J connectivity index is 2.31. The minimum atomic E-state index is -0.464. The maximum Gasteiger partial charge on any atom is 0.258 e. The van der Waals surface area contributed by atoms with E-state index >= 15 is 0 Å². The molecule has 0 saturated heterocycles. The van der Waals surface area contributed by atoms with Crippen LogP contribution in [0.5, 0.6) is 5.75 Å². The molecule has 0 saturated carbocycles. The van der Waals surface area contributed by atoms with Crippen LogP contribution in [-0.4, -0.2) is 39.6 Å². The molecule has 1 aromatic carbocycles. The number of carbonyl (C=O) groups excluding carboxylic acids is 1. The van der Waals surface area contributed by atoms with Crippen LogP contribution in [0.15, 0.2) is 24.3 Å². The largest absolute Gasteiger partial charge is 0.482 e. The summed E-state index contributed by atoms with van der Waals surface area (Å²) in [5.74, 6) is 0.207. The second-order valence-electron chi connectivity index (χ2n) is 3.42. The van der Waals surface area contributed by atoms with Gasteiger partial charge in [0.1, 0.15) is 5.75 Å². The Morgan fingerprint density at radius 3 is 2.61 bits per heavy atom. The van der Waals surface area contributed by atoms with Crippen LogP contribution < -0.4 is 10.1 Å². The van der Waals surface area contributed by atoms with Gasteiger partial charge in [0.05, 0.1) is 11.6 Å². The van der Waals surface area contributed by atoms with E-state index < -0.39 is 6.29 Å². The van der Waals surface area contributed by atoms with Crippen molar-refractivity contribution in [2.75, 3.05) is 27.4 Å². The van der Waals surface area contributed by atoms with Crippen LogP contribution >= 0.6 is 11.6 Å². The van der Waals surface area contributed by atoms with E-state index in [1.807, 2.05) is 0 Å². The molecule has 6 heteroatoms. The molecule has 0 fully saturated rings.